The van der Waals surface area contributed by atoms with Gasteiger partial charge in [-0.25, -0.2) is 18.2 Å². The highest BCUT2D eigenvalue weighted by Crippen LogP contribution is 2.23. The van der Waals surface area contributed by atoms with Crippen molar-refractivity contribution in [2.24, 2.45) is 0 Å². The highest BCUT2D eigenvalue weighted by atomic mass is 32.2. The van der Waals surface area contributed by atoms with Gasteiger partial charge in [-0.05, 0) is 22.0 Å². The number of nitrogens with zero attached hydrogens (tertiary/aromatic N) is 5. The summed E-state index contributed by atoms with van der Waals surface area (Å²) in [4.78, 5) is 31.6. The molecule has 2 aromatic rings. The molecule has 12 nitrogen and oxygen atoms in total. The predicted molar refractivity (Wildman–Crippen MR) is 102 cm³/mol. The van der Waals surface area contributed by atoms with Crippen LogP contribution in [0.25, 0.3) is 0 Å². The van der Waals surface area contributed by atoms with Crippen LogP contribution in [0.5, 0.6) is 11.5 Å². The Bertz CT molecular complexity index is 1000. The number of carbonyl (C=O) groups is 1. The molecule has 2 amide bonds. The van der Waals surface area contributed by atoms with Crippen LogP contribution in [0.3, 0.4) is 0 Å². The van der Waals surface area contributed by atoms with Crippen LogP contribution in [-0.2, 0) is 10.0 Å². The van der Waals surface area contributed by atoms with E-state index in [-0.39, 0.29) is 43.6 Å². The van der Waals surface area contributed by atoms with Crippen molar-refractivity contribution >= 4 is 27.7 Å². The first-order chi connectivity index (χ1) is 13.7. The molecule has 1 fully saturated rings. The summed E-state index contributed by atoms with van der Waals surface area (Å²) < 4.78 is 30.0. The minimum absolute atomic E-state index is 0.232. The Hall–Kier alpha value is -3.32. The molecule has 29 heavy (non-hydrogen) atoms. The average molecular weight is 422 g/mol. The largest absolute Gasteiger partial charge is 0.453 e. The fourth-order valence-corrected chi connectivity index (χ4v) is 3.46. The van der Waals surface area contributed by atoms with Crippen LogP contribution < -0.4 is 10.1 Å². The second kappa shape index (κ2) is 8.36. The molecule has 0 bridgehead atoms. The van der Waals surface area contributed by atoms with E-state index in [0.717, 1.165) is 6.26 Å². The van der Waals surface area contributed by atoms with Crippen molar-refractivity contribution in [3.63, 3.8) is 0 Å². The number of hydrogen-bond acceptors (Lipinski definition) is 8. The van der Waals surface area contributed by atoms with E-state index in [4.69, 9.17) is 4.74 Å². The third kappa shape index (κ3) is 5.36. The molecular weight excluding hydrogens is 404 g/mol. The average Bonchev–Trinajstić information content (AvgIpc) is 2.68. The van der Waals surface area contributed by atoms with Gasteiger partial charge in [0.05, 0.1) is 6.26 Å². The molecule has 0 radical (unpaired) electrons. The zero-order valence-corrected chi connectivity index (χ0v) is 16.2. The molecule has 1 aliphatic heterocycles. The van der Waals surface area contributed by atoms with Crippen LogP contribution >= 0.6 is 0 Å². The van der Waals surface area contributed by atoms with Gasteiger partial charge in [0.2, 0.25) is 10.0 Å². The summed E-state index contributed by atoms with van der Waals surface area (Å²) in [6.07, 6.45) is 3.79. The monoisotopic (exact) mass is 422 g/mol. The maximum absolute atomic E-state index is 12.4. The summed E-state index contributed by atoms with van der Waals surface area (Å²) in [5.74, 6) is 0.590. The van der Waals surface area contributed by atoms with E-state index in [1.54, 1.807) is 6.07 Å². The Morgan fingerprint density at radius 2 is 1.90 bits per heavy atom. The van der Waals surface area contributed by atoms with E-state index < -0.39 is 21.0 Å². The lowest BCUT2D eigenvalue weighted by Gasteiger charge is -2.33. The molecule has 3 rings (SSSR count). The molecule has 0 spiro atoms. The number of nitrogens with one attached hydrogen (secondary N) is 1. The molecule has 13 heteroatoms. The Morgan fingerprint density at radius 1 is 1.17 bits per heavy atom. The normalized spacial score (nSPS) is 15.0. The van der Waals surface area contributed by atoms with Crippen LogP contribution in [-0.4, -0.2) is 71.0 Å². The fraction of sp³-hybridized carbons (Fsp3) is 0.312. The van der Waals surface area contributed by atoms with Crippen molar-refractivity contribution in [2.75, 3.05) is 37.8 Å². The van der Waals surface area contributed by atoms with E-state index in [9.17, 15) is 23.3 Å². The van der Waals surface area contributed by atoms with E-state index in [1.807, 2.05) is 0 Å². The predicted octanol–water partition coefficient (Wildman–Crippen LogP) is 1.29. The topological polar surface area (TPSA) is 148 Å². The number of carbonyl (C=O) groups excluding carboxylic acids is 1. The molecule has 1 N–H and O–H groups in total. The fourth-order valence-electron chi connectivity index (χ4n) is 2.63. The number of piperazine rings is 1. The van der Waals surface area contributed by atoms with Crippen molar-refractivity contribution in [1.29, 1.82) is 0 Å². The van der Waals surface area contributed by atoms with Crippen LogP contribution in [0.15, 0.2) is 36.7 Å². The lowest BCUT2D eigenvalue weighted by molar-refractivity contribution is -0.389. The summed E-state index contributed by atoms with van der Waals surface area (Å²) in [5.41, 5.74) is 0. The molecule has 154 valence electrons. The molecule has 3 heterocycles. The first kappa shape index (κ1) is 20.4. The van der Waals surface area contributed by atoms with Gasteiger partial charge in [-0.3, -0.25) is 5.32 Å². The van der Waals surface area contributed by atoms with Crippen molar-refractivity contribution in [3.8, 4) is 11.5 Å². The van der Waals surface area contributed by atoms with Crippen molar-refractivity contribution in [2.45, 2.75) is 0 Å². The molecular formula is C16H18N6O6S. The Labute approximate surface area is 166 Å². The summed E-state index contributed by atoms with van der Waals surface area (Å²) >= 11 is 0. The third-order valence-corrected chi connectivity index (χ3v) is 5.41. The Kier molecular flexibility index (Phi) is 5.89. The molecule has 0 aromatic carbocycles. The van der Waals surface area contributed by atoms with Gasteiger partial charge in [0.25, 0.3) is 0 Å². The maximum atomic E-state index is 12.4. The van der Waals surface area contributed by atoms with Gasteiger partial charge in [-0.1, -0.05) is 0 Å². The van der Waals surface area contributed by atoms with E-state index in [1.165, 1.54) is 39.8 Å². The number of hydrogen-bond donors (Lipinski definition) is 1. The van der Waals surface area contributed by atoms with Crippen molar-refractivity contribution in [1.82, 2.24) is 19.2 Å². The number of pyridine rings is 2. The second-order valence-electron chi connectivity index (χ2n) is 6.17. The number of anilines is 1. The van der Waals surface area contributed by atoms with Crippen LogP contribution in [0, 0.1) is 10.1 Å². The zero-order chi connectivity index (χ0) is 21.0. The minimum Gasteiger partial charge on any atom is -0.453 e. The first-order valence-corrected chi connectivity index (χ1v) is 10.3. The molecule has 0 saturated carbocycles. The van der Waals surface area contributed by atoms with Gasteiger partial charge >= 0.3 is 11.8 Å². The van der Waals surface area contributed by atoms with Gasteiger partial charge < -0.3 is 19.8 Å². The van der Waals surface area contributed by atoms with Gasteiger partial charge in [-0.15, -0.1) is 0 Å². The number of amides is 2. The molecule has 2 aromatic heterocycles. The van der Waals surface area contributed by atoms with Gasteiger partial charge in [0, 0.05) is 44.5 Å². The molecule has 0 atom stereocenters. The van der Waals surface area contributed by atoms with Crippen molar-refractivity contribution < 1.29 is 22.9 Å². The lowest BCUT2D eigenvalue weighted by atomic mass is 10.4. The summed E-state index contributed by atoms with van der Waals surface area (Å²) in [7, 11) is -3.27. The maximum Gasteiger partial charge on any atom is 0.363 e. The number of aromatic nitrogens is 2. The molecule has 1 aliphatic rings. The highest BCUT2D eigenvalue weighted by Gasteiger charge is 2.26. The first-order valence-electron chi connectivity index (χ1n) is 8.48. The lowest BCUT2D eigenvalue weighted by Crippen LogP contribution is -2.51. The summed E-state index contributed by atoms with van der Waals surface area (Å²) in [6.45, 7) is 0.999. The van der Waals surface area contributed by atoms with E-state index in [0.29, 0.717) is 5.75 Å². The van der Waals surface area contributed by atoms with Gasteiger partial charge in [-0.2, -0.15) is 4.31 Å². The standard InChI is InChI=1S/C16H18N6O6S/c1-29(26,27)21-8-6-20(7-9-21)16(23)19-14-10-12(4-5-17-14)28-13-2-3-15(18-11-13)22(24)25/h2-5,10-11H,6-9H2,1H3,(H,17,19,23). The van der Waals surface area contributed by atoms with Gasteiger partial charge in [0.1, 0.15) is 11.6 Å². The SMILES string of the molecule is CS(=O)(=O)N1CCN(C(=O)Nc2cc(Oc3ccc([N+](=O)[O-])nc3)ccn2)CC1. The number of nitro groups is 1. The highest BCUT2D eigenvalue weighted by molar-refractivity contribution is 7.88. The molecule has 0 aliphatic carbocycles. The van der Waals surface area contributed by atoms with Crippen LogP contribution in [0.2, 0.25) is 0 Å². The van der Waals surface area contributed by atoms with Crippen molar-refractivity contribution in [3.05, 3.63) is 46.8 Å². The summed E-state index contributed by atoms with van der Waals surface area (Å²) in [6, 6.07) is 5.27. The van der Waals surface area contributed by atoms with E-state index in [2.05, 4.69) is 15.3 Å². The molecule has 0 unspecified atom stereocenters. The molecule has 1 saturated heterocycles. The number of ether oxygens (including phenoxy) is 1. The van der Waals surface area contributed by atoms with Crippen LogP contribution in [0.1, 0.15) is 0 Å². The Morgan fingerprint density at radius 3 is 2.48 bits per heavy atom. The second-order valence-corrected chi connectivity index (χ2v) is 8.15. The van der Waals surface area contributed by atoms with Crippen LogP contribution in [0.4, 0.5) is 16.4 Å². The zero-order valence-electron chi connectivity index (χ0n) is 15.4. The quantitative estimate of drug-likeness (QED) is 0.560. The number of rotatable bonds is 5. The van der Waals surface area contributed by atoms with E-state index >= 15 is 0 Å². The van der Waals surface area contributed by atoms with Gasteiger partial charge in [0.15, 0.2) is 11.9 Å². The Balaban J connectivity index is 1.59. The number of urea groups is 1. The number of sulfonamides is 1. The third-order valence-electron chi connectivity index (χ3n) is 4.10. The minimum atomic E-state index is -3.27. The smallest absolute Gasteiger partial charge is 0.363 e. The summed E-state index contributed by atoms with van der Waals surface area (Å²) in [5, 5.41) is 13.3.